The van der Waals surface area contributed by atoms with Gasteiger partial charge in [0.15, 0.2) is 6.04 Å². The zero-order valence-corrected chi connectivity index (χ0v) is 16.5. The second-order valence-corrected chi connectivity index (χ2v) is 8.04. The van der Waals surface area contributed by atoms with Crippen molar-refractivity contribution in [3.05, 3.63) is 71.3 Å². The van der Waals surface area contributed by atoms with E-state index in [0.29, 0.717) is 17.6 Å². The maximum Gasteiger partial charge on any atom is 0.161 e. The molecule has 2 aromatic carbocycles. The quantitative estimate of drug-likeness (QED) is 0.536. The molecule has 0 spiro atoms. The standard InChI is InChI=1S/C23H23ClN2O/c1-16(24)12-20-21(23(20,2)3)15-26-22(14-25)17-8-7-11-19(13-17)27-18-9-5-4-6-10-18/h4-13,15,20-22H,1-3H3/b16-12-,26-15?. The molecule has 138 valence electrons. The number of aliphatic imine (C=N–C) groups is 1. The number of nitriles is 1. The first kappa shape index (κ1) is 19.2. The molecule has 1 aliphatic rings. The Hall–Kier alpha value is -2.57. The van der Waals surface area contributed by atoms with E-state index in [1.54, 1.807) is 0 Å². The van der Waals surface area contributed by atoms with Gasteiger partial charge in [0.1, 0.15) is 11.5 Å². The third-order valence-electron chi connectivity index (χ3n) is 5.08. The average Bonchev–Trinajstić information content (AvgIpc) is 3.15. The van der Waals surface area contributed by atoms with Gasteiger partial charge in [-0.25, -0.2) is 0 Å². The van der Waals surface area contributed by atoms with Crippen LogP contribution in [0.4, 0.5) is 0 Å². The van der Waals surface area contributed by atoms with Crippen LogP contribution in [0, 0.1) is 28.6 Å². The summed E-state index contributed by atoms with van der Waals surface area (Å²) in [4.78, 5) is 4.56. The average molecular weight is 379 g/mol. The highest BCUT2D eigenvalue weighted by Gasteiger charge is 2.55. The summed E-state index contributed by atoms with van der Waals surface area (Å²) in [6.45, 7) is 6.28. The van der Waals surface area contributed by atoms with E-state index in [-0.39, 0.29) is 5.41 Å². The number of hydrogen-bond donors (Lipinski definition) is 0. The third-order valence-corrected chi connectivity index (χ3v) is 5.20. The summed E-state index contributed by atoms with van der Waals surface area (Å²) < 4.78 is 5.86. The minimum Gasteiger partial charge on any atom is -0.457 e. The SMILES string of the molecule is C/C(Cl)=C/C1C(C=NC(C#N)c2cccc(Oc3ccccc3)c2)C1(C)C. The number of hydrogen-bond acceptors (Lipinski definition) is 3. The number of halogens is 1. The second-order valence-electron chi connectivity index (χ2n) is 7.44. The summed E-state index contributed by atoms with van der Waals surface area (Å²) in [5.41, 5.74) is 0.944. The number of rotatable bonds is 6. The van der Waals surface area contributed by atoms with Crippen molar-refractivity contribution in [1.29, 1.82) is 5.26 Å². The number of para-hydroxylation sites is 1. The van der Waals surface area contributed by atoms with Gasteiger partial charge in [-0.3, -0.25) is 4.99 Å². The molecular formula is C23H23ClN2O. The fourth-order valence-corrected chi connectivity index (χ4v) is 3.45. The van der Waals surface area contributed by atoms with E-state index in [9.17, 15) is 5.26 Å². The third kappa shape index (κ3) is 4.59. The van der Waals surface area contributed by atoms with Gasteiger partial charge >= 0.3 is 0 Å². The number of benzene rings is 2. The normalized spacial score (nSPS) is 22.3. The lowest BCUT2D eigenvalue weighted by molar-refractivity contribution is 0.482. The molecule has 0 saturated heterocycles. The largest absolute Gasteiger partial charge is 0.457 e. The van der Waals surface area contributed by atoms with Gasteiger partial charge in [-0.15, -0.1) is 0 Å². The number of allylic oxidation sites excluding steroid dienone is 2. The zero-order valence-electron chi connectivity index (χ0n) is 15.8. The van der Waals surface area contributed by atoms with E-state index in [1.165, 1.54) is 0 Å². The van der Waals surface area contributed by atoms with Gasteiger partial charge < -0.3 is 4.74 Å². The highest BCUT2D eigenvalue weighted by Crippen LogP contribution is 2.58. The van der Waals surface area contributed by atoms with Crippen molar-refractivity contribution in [2.24, 2.45) is 22.2 Å². The molecule has 0 aliphatic heterocycles. The predicted octanol–water partition coefficient (Wildman–Crippen LogP) is 6.53. The molecule has 3 atom stereocenters. The van der Waals surface area contributed by atoms with Gasteiger partial charge in [0.2, 0.25) is 0 Å². The smallest absolute Gasteiger partial charge is 0.161 e. The van der Waals surface area contributed by atoms with Gasteiger partial charge in [0, 0.05) is 17.2 Å². The molecule has 3 unspecified atom stereocenters. The van der Waals surface area contributed by atoms with E-state index in [4.69, 9.17) is 16.3 Å². The van der Waals surface area contributed by atoms with Crippen LogP contribution < -0.4 is 4.74 Å². The zero-order chi connectivity index (χ0) is 19.4. The van der Waals surface area contributed by atoms with Crippen LogP contribution in [0.25, 0.3) is 0 Å². The summed E-state index contributed by atoms with van der Waals surface area (Å²) in [6, 6.07) is 18.8. The van der Waals surface area contributed by atoms with E-state index in [2.05, 4.69) is 31.0 Å². The fourth-order valence-electron chi connectivity index (χ4n) is 3.31. The van der Waals surface area contributed by atoms with E-state index >= 15 is 0 Å². The number of nitrogens with zero attached hydrogens (tertiary/aromatic N) is 2. The Morgan fingerprint density at radius 3 is 2.52 bits per heavy atom. The second kappa shape index (κ2) is 7.98. The minimum absolute atomic E-state index is 0.123. The van der Waals surface area contributed by atoms with Gasteiger partial charge in [-0.05, 0) is 48.1 Å². The Labute approximate surface area is 166 Å². The monoisotopic (exact) mass is 378 g/mol. The predicted molar refractivity (Wildman–Crippen MR) is 110 cm³/mol. The molecule has 0 N–H and O–H groups in total. The molecule has 0 bridgehead atoms. The van der Waals surface area contributed by atoms with Crippen molar-refractivity contribution in [3.63, 3.8) is 0 Å². The molecule has 4 heteroatoms. The molecule has 3 nitrogen and oxygen atoms in total. The first-order valence-electron chi connectivity index (χ1n) is 9.01. The Balaban J connectivity index is 1.74. The van der Waals surface area contributed by atoms with Crippen LogP contribution in [0.3, 0.4) is 0 Å². The van der Waals surface area contributed by atoms with Crippen LogP contribution in [0.2, 0.25) is 0 Å². The van der Waals surface area contributed by atoms with Gasteiger partial charge in [-0.1, -0.05) is 61.9 Å². The maximum absolute atomic E-state index is 9.60. The molecule has 3 rings (SSSR count). The molecule has 0 radical (unpaired) electrons. The van der Waals surface area contributed by atoms with Crippen LogP contribution in [-0.4, -0.2) is 6.21 Å². The summed E-state index contributed by atoms with van der Waals surface area (Å²) in [5.74, 6) is 2.12. The van der Waals surface area contributed by atoms with Crippen molar-refractivity contribution in [1.82, 2.24) is 0 Å². The summed E-state index contributed by atoms with van der Waals surface area (Å²) in [5, 5.41) is 10.4. The molecule has 27 heavy (non-hydrogen) atoms. The Morgan fingerprint density at radius 1 is 1.15 bits per heavy atom. The molecule has 0 heterocycles. The lowest BCUT2D eigenvalue weighted by Crippen LogP contribution is -1.96. The van der Waals surface area contributed by atoms with Crippen molar-refractivity contribution >= 4 is 17.8 Å². The topological polar surface area (TPSA) is 45.4 Å². The molecule has 1 aliphatic carbocycles. The highest BCUT2D eigenvalue weighted by molar-refractivity contribution is 6.29. The van der Waals surface area contributed by atoms with Crippen molar-refractivity contribution in [2.75, 3.05) is 0 Å². The highest BCUT2D eigenvalue weighted by atomic mass is 35.5. The van der Waals surface area contributed by atoms with Crippen LogP contribution in [0.5, 0.6) is 11.5 Å². The van der Waals surface area contributed by atoms with Crippen molar-refractivity contribution < 1.29 is 4.74 Å². The van der Waals surface area contributed by atoms with Gasteiger partial charge in [0.05, 0.1) is 6.07 Å². The first-order valence-corrected chi connectivity index (χ1v) is 9.39. The van der Waals surface area contributed by atoms with Crippen LogP contribution in [-0.2, 0) is 0 Å². The van der Waals surface area contributed by atoms with E-state index in [1.807, 2.05) is 67.7 Å². The van der Waals surface area contributed by atoms with Crippen molar-refractivity contribution in [2.45, 2.75) is 26.8 Å². The van der Waals surface area contributed by atoms with Gasteiger partial charge in [-0.2, -0.15) is 5.26 Å². The molecule has 0 amide bonds. The maximum atomic E-state index is 9.60. The van der Waals surface area contributed by atoms with E-state index in [0.717, 1.165) is 16.3 Å². The number of ether oxygens (including phenoxy) is 1. The molecular weight excluding hydrogens is 356 g/mol. The van der Waals surface area contributed by atoms with Gasteiger partial charge in [0.25, 0.3) is 0 Å². The lowest BCUT2D eigenvalue weighted by atomic mass is 10.1. The Bertz CT molecular complexity index is 892. The molecule has 1 fully saturated rings. The Kier molecular flexibility index (Phi) is 5.68. The Morgan fingerprint density at radius 2 is 1.85 bits per heavy atom. The fraction of sp³-hybridized carbons (Fsp3) is 0.304. The van der Waals surface area contributed by atoms with Crippen LogP contribution in [0.15, 0.2) is 70.7 Å². The van der Waals surface area contributed by atoms with Crippen LogP contribution >= 0.6 is 11.6 Å². The minimum atomic E-state index is -0.553. The van der Waals surface area contributed by atoms with E-state index < -0.39 is 6.04 Å². The summed E-state index contributed by atoms with van der Waals surface area (Å²) >= 11 is 6.03. The molecule has 2 aromatic rings. The lowest BCUT2D eigenvalue weighted by Gasteiger charge is -2.09. The first-order chi connectivity index (χ1) is 12.9. The molecule has 0 aromatic heterocycles. The summed E-state index contributed by atoms with van der Waals surface area (Å²) in [6.07, 6.45) is 3.99. The van der Waals surface area contributed by atoms with Crippen LogP contribution in [0.1, 0.15) is 32.4 Å². The van der Waals surface area contributed by atoms with Crippen molar-refractivity contribution in [3.8, 4) is 17.6 Å². The molecule has 1 saturated carbocycles. The summed E-state index contributed by atoms with van der Waals surface area (Å²) in [7, 11) is 0.